The molecule has 0 saturated heterocycles. The number of hydrogen-bond acceptors (Lipinski definition) is 5. The maximum absolute atomic E-state index is 8.88. The molecule has 0 radical (unpaired) electrons. The fourth-order valence-electron chi connectivity index (χ4n) is 0. The smallest absolute Gasteiger partial charge is 0.344 e. The summed E-state index contributed by atoms with van der Waals surface area (Å²) in [5.41, 5.74) is 0. The predicted octanol–water partition coefficient (Wildman–Crippen LogP) is -0.283. The van der Waals surface area contributed by atoms with Crippen molar-refractivity contribution in [3.8, 4) is 0 Å². The van der Waals surface area contributed by atoms with Gasteiger partial charge in [0.2, 0.25) is 0 Å². The SMILES string of the molecule is N.N.N.N.O=P(O)(O)O.[Pt]. The zero-order chi connectivity index (χ0) is 4.50. The second kappa shape index (κ2) is 16.3. The van der Waals surface area contributed by atoms with Crippen LogP contribution in [0.3, 0.4) is 0 Å². The van der Waals surface area contributed by atoms with Crippen LogP contribution in [0.2, 0.25) is 0 Å². The third-order valence-corrected chi connectivity index (χ3v) is 0. The van der Waals surface area contributed by atoms with Crippen molar-refractivity contribution in [2.45, 2.75) is 0 Å². The van der Waals surface area contributed by atoms with Crippen LogP contribution in [0, 0.1) is 0 Å². The quantitative estimate of drug-likeness (QED) is 0.284. The predicted molar refractivity (Wildman–Crippen MR) is 34.4 cm³/mol. The van der Waals surface area contributed by atoms with Gasteiger partial charge in [-0.3, -0.25) is 0 Å². The molecule has 0 aliphatic carbocycles. The van der Waals surface area contributed by atoms with Crippen molar-refractivity contribution < 1.29 is 40.3 Å². The normalized spacial score (nSPS) is 5.90. The molecule has 74 valence electrons. The molecule has 0 rings (SSSR count). The Morgan fingerprint density at radius 2 is 0.800 bits per heavy atom. The molecule has 10 heavy (non-hydrogen) atoms. The summed E-state index contributed by atoms with van der Waals surface area (Å²) in [6.07, 6.45) is 0. The molecule has 0 unspecified atom stereocenters. The molecule has 10 heteroatoms. The zero-order valence-electron chi connectivity index (χ0n) is 5.34. The van der Waals surface area contributed by atoms with Crippen molar-refractivity contribution in [1.29, 1.82) is 0 Å². The van der Waals surface area contributed by atoms with E-state index >= 15 is 0 Å². The number of phosphoric acid groups is 1. The summed E-state index contributed by atoms with van der Waals surface area (Å²) >= 11 is 0. The largest absolute Gasteiger partial charge is 0.466 e. The Balaban J connectivity index is -0.00000000800. The van der Waals surface area contributed by atoms with Crippen LogP contribution in [0.5, 0.6) is 0 Å². The molecule has 0 aromatic heterocycles. The van der Waals surface area contributed by atoms with Crippen molar-refractivity contribution in [2.75, 3.05) is 0 Å². The first-order chi connectivity index (χ1) is 2.00. The second-order valence-electron chi connectivity index (χ2n) is 0.513. The van der Waals surface area contributed by atoms with Crippen LogP contribution in [-0.2, 0) is 25.6 Å². The van der Waals surface area contributed by atoms with Gasteiger partial charge in [0, 0.05) is 21.1 Å². The first-order valence-corrected chi connectivity index (χ1v) is 2.35. The van der Waals surface area contributed by atoms with E-state index in [2.05, 4.69) is 0 Å². The molecule has 0 aliphatic rings. The van der Waals surface area contributed by atoms with Gasteiger partial charge in [0.05, 0.1) is 0 Å². The van der Waals surface area contributed by atoms with E-state index in [1.165, 1.54) is 0 Å². The Morgan fingerprint density at radius 3 is 0.800 bits per heavy atom. The van der Waals surface area contributed by atoms with Crippen LogP contribution in [0.25, 0.3) is 0 Å². The summed E-state index contributed by atoms with van der Waals surface area (Å²) in [6, 6.07) is 0. The number of rotatable bonds is 0. The maximum Gasteiger partial charge on any atom is 0.466 e. The Labute approximate surface area is 73.2 Å². The van der Waals surface area contributed by atoms with Gasteiger partial charge in [0.1, 0.15) is 0 Å². The maximum atomic E-state index is 8.88. The van der Waals surface area contributed by atoms with E-state index in [9.17, 15) is 0 Å². The molecule has 0 aliphatic heterocycles. The van der Waals surface area contributed by atoms with Gasteiger partial charge in [-0.15, -0.1) is 0 Å². The van der Waals surface area contributed by atoms with Crippen LogP contribution < -0.4 is 24.6 Å². The standard InChI is InChI=1S/4H3N.H3O4P.Pt/c;;;;1-5(2,3)4;/h4*1H3;(H3,1,2,3,4);. The van der Waals surface area contributed by atoms with Gasteiger partial charge < -0.3 is 39.3 Å². The molecule has 0 saturated carbocycles. The van der Waals surface area contributed by atoms with Crippen molar-refractivity contribution in [3.63, 3.8) is 0 Å². The average molecular weight is 361 g/mol. The third kappa shape index (κ3) is 1240. The fourth-order valence-corrected chi connectivity index (χ4v) is 0. The minimum absolute atomic E-state index is 0. The summed E-state index contributed by atoms with van der Waals surface area (Å²) < 4.78 is 8.88. The average Bonchev–Trinajstić information content (AvgIpc) is 0.722. The van der Waals surface area contributed by atoms with Crippen molar-refractivity contribution in [1.82, 2.24) is 24.6 Å². The molecule has 0 fully saturated rings. The topological polar surface area (TPSA) is 218 Å². The van der Waals surface area contributed by atoms with Crippen molar-refractivity contribution in [2.24, 2.45) is 0 Å². The van der Waals surface area contributed by atoms with Gasteiger partial charge in [-0.1, -0.05) is 0 Å². The summed E-state index contributed by atoms with van der Waals surface area (Å²) in [5.74, 6) is 0. The van der Waals surface area contributed by atoms with E-state index in [-0.39, 0.29) is 45.7 Å². The summed E-state index contributed by atoms with van der Waals surface area (Å²) in [5, 5.41) is 0. The fraction of sp³-hybridized carbons (Fsp3) is 0. The molecule has 0 atom stereocenters. The molecule has 0 amide bonds. The molecular formula is H15N4O4PPt. The van der Waals surface area contributed by atoms with Gasteiger partial charge in [0.15, 0.2) is 0 Å². The molecule has 0 bridgehead atoms. The Morgan fingerprint density at radius 1 is 0.800 bits per heavy atom. The van der Waals surface area contributed by atoms with Crippen molar-refractivity contribution in [3.05, 3.63) is 0 Å². The summed E-state index contributed by atoms with van der Waals surface area (Å²) in [7, 11) is -4.64. The van der Waals surface area contributed by atoms with E-state index in [1.807, 2.05) is 0 Å². The van der Waals surface area contributed by atoms with E-state index in [1.54, 1.807) is 0 Å². The van der Waals surface area contributed by atoms with Gasteiger partial charge >= 0.3 is 7.82 Å². The molecule has 8 nitrogen and oxygen atoms in total. The van der Waals surface area contributed by atoms with E-state index in [0.717, 1.165) is 0 Å². The Bertz CT molecular complexity index is 63.4. The van der Waals surface area contributed by atoms with Crippen LogP contribution in [0.15, 0.2) is 0 Å². The minimum atomic E-state index is -4.64. The summed E-state index contributed by atoms with van der Waals surface area (Å²) in [4.78, 5) is 21.6. The monoisotopic (exact) mass is 361 g/mol. The minimum Gasteiger partial charge on any atom is -0.344 e. The Hall–Kier alpha value is 0.638. The van der Waals surface area contributed by atoms with Gasteiger partial charge in [-0.25, -0.2) is 4.57 Å². The third-order valence-electron chi connectivity index (χ3n) is 0. The van der Waals surface area contributed by atoms with Crippen LogP contribution >= 0.6 is 7.82 Å². The molecule has 15 N–H and O–H groups in total. The number of hydrogen-bond donors (Lipinski definition) is 7. The van der Waals surface area contributed by atoms with Crippen molar-refractivity contribution >= 4 is 7.82 Å². The molecular weight excluding hydrogens is 346 g/mol. The van der Waals surface area contributed by atoms with E-state index in [0.29, 0.717) is 0 Å². The van der Waals surface area contributed by atoms with Crippen LogP contribution in [-0.4, -0.2) is 14.7 Å². The van der Waals surface area contributed by atoms with Crippen LogP contribution in [0.4, 0.5) is 0 Å². The first kappa shape index (κ1) is 45.9. The van der Waals surface area contributed by atoms with Gasteiger partial charge in [-0.05, 0) is 0 Å². The first-order valence-electron chi connectivity index (χ1n) is 0.783. The Kier molecular flexibility index (Phi) is 75.0. The van der Waals surface area contributed by atoms with E-state index in [4.69, 9.17) is 19.2 Å². The molecule has 0 aromatic carbocycles. The summed E-state index contributed by atoms with van der Waals surface area (Å²) in [6.45, 7) is 0. The zero-order valence-corrected chi connectivity index (χ0v) is 8.51. The molecule has 0 heterocycles. The van der Waals surface area contributed by atoms with Gasteiger partial charge in [0.25, 0.3) is 0 Å². The van der Waals surface area contributed by atoms with Crippen LogP contribution in [0.1, 0.15) is 0 Å². The second-order valence-corrected chi connectivity index (χ2v) is 1.54. The molecule has 0 aromatic rings. The van der Waals surface area contributed by atoms with E-state index < -0.39 is 7.82 Å². The molecule has 0 spiro atoms. The van der Waals surface area contributed by atoms with Gasteiger partial charge in [-0.2, -0.15) is 0 Å².